The molecule has 0 spiro atoms. The number of para-hydroxylation sites is 2. The second-order valence-electron chi connectivity index (χ2n) is 5.76. The van der Waals surface area contributed by atoms with Gasteiger partial charge in [-0.25, -0.2) is 0 Å². The summed E-state index contributed by atoms with van der Waals surface area (Å²) >= 11 is 1.35. The maximum atomic E-state index is 12.8. The van der Waals surface area contributed by atoms with Crippen LogP contribution in [0.2, 0.25) is 0 Å². The molecule has 3 rings (SSSR count). The summed E-state index contributed by atoms with van der Waals surface area (Å²) in [6.07, 6.45) is 0.272. The van der Waals surface area contributed by atoms with E-state index in [1.165, 1.54) is 11.8 Å². The van der Waals surface area contributed by atoms with E-state index in [0.717, 1.165) is 11.5 Å². The molecule has 1 atom stereocenters. The van der Waals surface area contributed by atoms with E-state index in [2.05, 4.69) is 15.5 Å². The quantitative estimate of drug-likeness (QED) is 0.861. The summed E-state index contributed by atoms with van der Waals surface area (Å²) in [6.45, 7) is 3.75. The molecule has 2 amide bonds. The second-order valence-corrected chi connectivity index (χ2v) is 6.70. The van der Waals surface area contributed by atoms with Crippen LogP contribution in [0.3, 0.4) is 0 Å². The number of carbonyl (C=O) groups is 2. The van der Waals surface area contributed by atoms with Crippen molar-refractivity contribution in [1.82, 2.24) is 14.8 Å². The molecule has 0 saturated carbocycles. The predicted molar refractivity (Wildman–Crippen MR) is 93.1 cm³/mol. The largest absolute Gasteiger partial charge is 0.324 e. The van der Waals surface area contributed by atoms with Crippen LogP contribution in [-0.2, 0) is 16.6 Å². The Kier molecular flexibility index (Phi) is 4.57. The topological polar surface area (TPSA) is 80.1 Å². The zero-order chi connectivity index (χ0) is 17.3. The number of aromatic nitrogens is 3. The molecule has 1 aliphatic rings. The van der Waals surface area contributed by atoms with E-state index in [9.17, 15) is 9.59 Å². The van der Waals surface area contributed by atoms with Crippen LogP contribution in [0.5, 0.6) is 0 Å². The molecule has 0 fully saturated rings. The van der Waals surface area contributed by atoms with Crippen molar-refractivity contribution in [2.75, 3.05) is 16.0 Å². The Balaban J connectivity index is 1.82. The maximum absolute atomic E-state index is 12.8. The normalized spacial score (nSPS) is 17.2. The van der Waals surface area contributed by atoms with Crippen molar-refractivity contribution in [3.8, 4) is 0 Å². The van der Waals surface area contributed by atoms with Crippen LogP contribution in [0.1, 0.15) is 19.2 Å². The summed E-state index contributed by atoms with van der Waals surface area (Å²) in [4.78, 5) is 26.5. The number of carbonyl (C=O) groups excluding carboxylic acids is 2. The van der Waals surface area contributed by atoms with Crippen LogP contribution in [0.25, 0.3) is 0 Å². The molecule has 8 heteroatoms. The van der Waals surface area contributed by atoms with Gasteiger partial charge in [-0.1, -0.05) is 23.9 Å². The van der Waals surface area contributed by atoms with E-state index in [4.69, 9.17) is 0 Å². The van der Waals surface area contributed by atoms with E-state index in [1.54, 1.807) is 4.90 Å². The molecule has 1 aromatic carbocycles. The van der Waals surface area contributed by atoms with E-state index in [-0.39, 0.29) is 30.0 Å². The lowest BCUT2D eigenvalue weighted by molar-refractivity contribution is -0.117. The van der Waals surface area contributed by atoms with Gasteiger partial charge >= 0.3 is 0 Å². The minimum Gasteiger partial charge on any atom is -0.324 e. The zero-order valence-corrected chi connectivity index (χ0v) is 14.6. The summed E-state index contributed by atoms with van der Waals surface area (Å²) in [7, 11) is 1.87. The number of nitrogens with one attached hydrogen (secondary N) is 1. The third kappa shape index (κ3) is 3.14. The van der Waals surface area contributed by atoms with Crippen molar-refractivity contribution in [3.05, 3.63) is 30.1 Å². The number of rotatable bonds is 3. The number of thioether (sulfide) groups is 1. The van der Waals surface area contributed by atoms with Gasteiger partial charge < -0.3 is 14.8 Å². The monoisotopic (exact) mass is 345 g/mol. The van der Waals surface area contributed by atoms with Crippen molar-refractivity contribution < 1.29 is 9.59 Å². The summed E-state index contributed by atoms with van der Waals surface area (Å²) < 4.78 is 1.85. The molecule has 1 aromatic heterocycles. The summed E-state index contributed by atoms with van der Waals surface area (Å²) in [5.74, 6) is 0.894. The van der Waals surface area contributed by atoms with E-state index < -0.39 is 0 Å². The first-order valence-electron chi connectivity index (χ1n) is 7.67. The molecule has 2 aromatic rings. The van der Waals surface area contributed by atoms with Gasteiger partial charge in [-0.15, -0.1) is 10.2 Å². The van der Waals surface area contributed by atoms with Crippen molar-refractivity contribution in [1.29, 1.82) is 0 Å². The molecule has 2 heterocycles. The Morgan fingerprint density at radius 2 is 2.12 bits per heavy atom. The molecule has 126 valence electrons. The first kappa shape index (κ1) is 16.5. The molecule has 0 bridgehead atoms. The van der Waals surface area contributed by atoms with Gasteiger partial charge in [0.05, 0.1) is 17.1 Å². The summed E-state index contributed by atoms with van der Waals surface area (Å²) in [5.41, 5.74) is 1.40. The van der Waals surface area contributed by atoms with Gasteiger partial charge in [-0.2, -0.15) is 0 Å². The fourth-order valence-electron chi connectivity index (χ4n) is 2.68. The lowest BCUT2D eigenvalue weighted by Crippen LogP contribution is -2.40. The Hall–Kier alpha value is -2.35. The first-order chi connectivity index (χ1) is 11.5. The summed E-state index contributed by atoms with van der Waals surface area (Å²) in [6, 6.07) is 7.16. The molecular weight excluding hydrogens is 326 g/mol. The first-order valence-corrected chi connectivity index (χ1v) is 8.65. The number of amides is 2. The maximum Gasteiger partial charge on any atom is 0.237 e. The predicted octanol–water partition coefficient (Wildman–Crippen LogP) is 1.98. The lowest BCUT2D eigenvalue weighted by Gasteiger charge is -2.27. The second kappa shape index (κ2) is 6.64. The van der Waals surface area contributed by atoms with Gasteiger partial charge in [0.1, 0.15) is 5.82 Å². The number of benzene rings is 1. The van der Waals surface area contributed by atoms with Gasteiger partial charge in [-0.3, -0.25) is 9.59 Å². The molecule has 1 N–H and O–H groups in total. The molecule has 0 unspecified atom stereocenters. The van der Waals surface area contributed by atoms with E-state index in [1.807, 2.05) is 49.7 Å². The molecule has 7 nitrogen and oxygen atoms in total. The van der Waals surface area contributed by atoms with Gasteiger partial charge in [0.2, 0.25) is 11.8 Å². The van der Waals surface area contributed by atoms with Crippen LogP contribution in [0.4, 0.5) is 11.4 Å². The van der Waals surface area contributed by atoms with Crippen LogP contribution in [-0.4, -0.2) is 38.4 Å². The number of hydrogen-bond donors (Lipinski definition) is 1. The molecule has 0 aliphatic carbocycles. The molecule has 1 aliphatic heterocycles. The SMILES string of the molecule is Cc1nnc(SCC(=O)N2c3ccccc3NC(=O)C[C@H]2C)n1C. The van der Waals surface area contributed by atoms with Crippen molar-refractivity contribution in [2.45, 2.75) is 31.5 Å². The smallest absolute Gasteiger partial charge is 0.237 e. The van der Waals surface area contributed by atoms with E-state index in [0.29, 0.717) is 10.8 Å². The molecular formula is C16H19N5O2S. The molecule has 0 radical (unpaired) electrons. The van der Waals surface area contributed by atoms with Crippen molar-refractivity contribution in [2.24, 2.45) is 7.05 Å². The Labute approximate surface area is 144 Å². The standard InChI is InChI=1S/C16H19N5O2S/c1-10-8-14(22)17-12-6-4-5-7-13(12)21(10)15(23)9-24-16-19-18-11(2)20(16)3/h4-7,10H,8-9H2,1-3H3,(H,17,22)/t10-/m1/s1. The minimum absolute atomic E-state index is 0.0582. The van der Waals surface area contributed by atoms with Gasteiger partial charge in [0, 0.05) is 19.5 Å². The number of fused-ring (bicyclic) bond motifs is 1. The van der Waals surface area contributed by atoms with E-state index >= 15 is 0 Å². The Morgan fingerprint density at radius 3 is 2.83 bits per heavy atom. The fraction of sp³-hybridized carbons (Fsp3) is 0.375. The number of hydrogen-bond acceptors (Lipinski definition) is 5. The number of nitrogens with zero attached hydrogens (tertiary/aromatic N) is 4. The fourth-order valence-corrected chi connectivity index (χ4v) is 3.49. The molecule has 24 heavy (non-hydrogen) atoms. The zero-order valence-electron chi connectivity index (χ0n) is 13.8. The highest BCUT2D eigenvalue weighted by Crippen LogP contribution is 2.32. The lowest BCUT2D eigenvalue weighted by atomic mass is 10.2. The molecule has 0 saturated heterocycles. The highest BCUT2D eigenvalue weighted by molar-refractivity contribution is 7.99. The average Bonchev–Trinajstić information content (AvgIpc) is 2.79. The Morgan fingerprint density at radius 1 is 1.38 bits per heavy atom. The van der Waals surface area contributed by atoms with Crippen molar-refractivity contribution >= 4 is 35.0 Å². The van der Waals surface area contributed by atoms with Crippen LogP contribution in [0.15, 0.2) is 29.4 Å². The van der Waals surface area contributed by atoms with Gasteiger partial charge in [0.25, 0.3) is 0 Å². The van der Waals surface area contributed by atoms with Crippen LogP contribution in [0, 0.1) is 6.92 Å². The van der Waals surface area contributed by atoms with Crippen LogP contribution >= 0.6 is 11.8 Å². The summed E-state index contributed by atoms with van der Waals surface area (Å²) in [5, 5.41) is 11.6. The third-order valence-electron chi connectivity index (χ3n) is 4.01. The number of aryl methyl sites for hydroxylation is 1. The minimum atomic E-state index is -0.206. The van der Waals surface area contributed by atoms with Crippen LogP contribution < -0.4 is 10.2 Å². The average molecular weight is 345 g/mol. The van der Waals surface area contributed by atoms with Crippen molar-refractivity contribution in [3.63, 3.8) is 0 Å². The van der Waals surface area contributed by atoms with Gasteiger partial charge in [-0.05, 0) is 26.0 Å². The Bertz CT molecular complexity index is 789. The number of anilines is 2. The highest BCUT2D eigenvalue weighted by atomic mass is 32.2. The highest BCUT2D eigenvalue weighted by Gasteiger charge is 2.29. The third-order valence-corrected chi connectivity index (χ3v) is 5.01. The van der Waals surface area contributed by atoms with Gasteiger partial charge in [0.15, 0.2) is 5.16 Å².